The molecule has 0 aliphatic carbocycles. The average Bonchev–Trinajstić information content (AvgIpc) is 3.78. The number of fused-ring (bicyclic) bond motifs is 7. The largest absolute Gasteiger partial charge is 0.456 e. The Labute approximate surface area is 323 Å². The zero-order chi connectivity index (χ0) is 37.3. The van der Waals surface area contributed by atoms with Gasteiger partial charge in [0.25, 0.3) is 0 Å². The molecule has 0 N–H and O–H groups in total. The third-order valence-corrected chi connectivity index (χ3v) is 11.1. The Morgan fingerprint density at radius 3 is 1.88 bits per heavy atom. The summed E-state index contributed by atoms with van der Waals surface area (Å²) < 4.78 is 9.06. The number of hydrogen-bond acceptors (Lipinski definition) is 4. The number of furan rings is 1. The first-order valence-corrected chi connectivity index (χ1v) is 18.9. The number of hydrogen-bond donors (Lipinski definition) is 0. The Morgan fingerprint density at radius 1 is 0.411 bits per heavy atom. The summed E-state index contributed by atoms with van der Waals surface area (Å²) in [4.78, 5) is 15.2. The molecule has 0 aliphatic rings. The Morgan fingerprint density at radius 2 is 1.07 bits per heavy atom. The van der Waals surface area contributed by atoms with Gasteiger partial charge in [0.15, 0.2) is 17.5 Å². The lowest BCUT2D eigenvalue weighted by Gasteiger charge is -2.12. The fourth-order valence-corrected chi connectivity index (χ4v) is 8.38. The summed E-state index contributed by atoms with van der Waals surface area (Å²) in [6.07, 6.45) is 0. The summed E-state index contributed by atoms with van der Waals surface area (Å²) in [5.74, 6) is 1.84. The normalized spacial score (nSPS) is 11.8. The van der Waals surface area contributed by atoms with Crippen LogP contribution in [-0.4, -0.2) is 19.5 Å². The zero-order valence-electron chi connectivity index (χ0n) is 30.9. The van der Waals surface area contributed by atoms with E-state index in [1.54, 1.807) is 0 Å². The van der Waals surface area contributed by atoms with Crippen LogP contribution < -0.4 is 0 Å². The lowest BCUT2D eigenvalue weighted by Crippen LogP contribution is -2.00. The van der Waals surface area contributed by atoms with Crippen molar-refractivity contribution in [2.24, 2.45) is 0 Å². The number of para-hydroxylation sites is 1. The maximum atomic E-state index is 6.67. The summed E-state index contributed by atoms with van der Waals surface area (Å²) in [5, 5.41) is 6.99. The van der Waals surface area contributed by atoms with Crippen LogP contribution in [0.4, 0.5) is 0 Å². The van der Waals surface area contributed by atoms with Crippen molar-refractivity contribution in [3.05, 3.63) is 181 Å². The maximum absolute atomic E-state index is 6.67. The fraction of sp³-hybridized carbons (Fsp3) is 0.0392. The van der Waals surface area contributed by atoms with E-state index in [-0.39, 0.29) is 0 Å². The van der Waals surface area contributed by atoms with Crippen LogP contribution in [0.1, 0.15) is 11.1 Å². The molecule has 5 heteroatoms. The minimum absolute atomic E-state index is 0.589. The molecule has 0 saturated heterocycles. The third kappa shape index (κ3) is 5.13. The zero-order valence-corrected chi connectivity index (χ0v) is 30.9. The number of benzene rings is 8. The van der Waals surface area contributed by atoms with E-state index in [0.29, 0.717) is 17.5 Å². The van der Waals surface area contributed by atoms with Crippen LogP contribution in [0.3, 0.4) is 0 Å². The molecule has 0 spiro atoms. The molecule has 5 nitrogen and oxygen atoms in total. The first kappa shape index (κ1) is 32.1. The summed E-state index contributed by atoms with van der Waals surface area (Å²) >= 11 is 0. The summed E-state index contributed by atoms with van der Waals surface area (Å²) in [6.45, 7) is 4.30. The van der Waals surface area contributed by atoms with Crippen LogP contribution in [-0.2, 0) is 0 Å². The molecule has 11 aromatic rings. The predicted molar refractivity (Wildman–Crippen MR) is 230 cm³/mol. The van der Waals surface area contributed by atoms with E-state index in [2.05, 4.69) is 158 Å². The molecule has 3 heterocycles. The summed E-state index contributed by atoms with van der Waals surface area (Å²) in [6, 6.07) is 59.6. The molecule has 11 rings (SSSR count). The lowest BCUT2D eigenvalue weighted by atomic mass is 9.95. The van der Waals surface area contributed by atoms with Gasteiger partial charge >= 0.3 is 0 Å². The van der Waals surface area contributed by atoms with Crippen molar-refractivity contribution in [1.82, 2.24) is 19.5 Å². The van der Waals surface area contributed by atoms with Crippen molar-refractivity contribution in [3.8, 4) is 51.0 Å². The highest BCUT2D eigenvalue weighted by Crippen LogP contribution is 2.41. The summed E-state index contributed by atoms with van der Waals surface area (Å²) in [5.41, 5.74) is 12.6. The van der Waals surface area contributed by atoms with E-state index in [0.717, 1.165) is 60.9 Å². The van der Waals surface area contributed by atoms with E-state index < -0.39 is 0 Å². The average molecular weight is 719 g/mol. The van der Waals surface area contributed by atoms with Gasteiger partial charge in [0.05, 0.1) is 22.1 Å². The second-order valence-corrected chi connectivity index (χ2v) is 14.5. The second kappa shape index (κ2) is 12.6. The molecule has 0 fully saturated rings. The van der Waals surface area contributed by atoms with Crippen LogP contribution in [0.5, 0.6) is 0 Å². The highest BCUT2D eigenvalue weighted by Gasteiger charge is 2.20. The molecule has 56 heavy (non-hydrogen) atoms. The van der Waals surface area contributed by atoms with Crippen LogP contribution >= 0.6 is 0 Å². The Kier molecular flexibility index (Phi) is 7.23. The van der Waals surface area contributed by atoms with Gasteiger partial charge < -0.3 is 8.98 Å². The van der Waals surface area contributed by atoms with Crippen molar-refractivity contribution >= 4 is 54.5 Å². The van der Waals surface area contributed by atoms with Gasteiger partial charge in [0.1, 0.15) is 11.2 Å². The highest BCUT2D eigenvalue weighted by molar-refractivity contribution is 6.16. The topological polar surface area (TPSA) is 56.7 Å². The summed E-state index contributed by atoms with van der Waals surface area (Å²) in [7, 11) is 0. The predicted octanol–water partition coefficient (Wildman–Crippen LogP) is 13.3. The number of nitrogens with zero attached hydrogens (tertiary/aromatic N) is 4. The first-order valence-electron chi connectivity index (χ1n) is 18.9. The van der Waals surface area contributed by atoms with Gasteiger partial charge in [-0.15, -0.1) is 0 Å². The molecule has 0 aliphatic heterocycles. The number of rotatable bonds is 5. The molecule has 264 valence electrons. The number of aromatic nitrogens is 4. The van der Waals surface area contributed by atoms with E-state index in [4.69, 9.17) is 19.4 Å². The monoisotopic (exact) mass is 718 g/mol. The van der Waals surface area contributed by atoms with Gasteiger partial charge in [-0.2, -0.15) is 0 Å². The van der Waals surface area contributed by atoms with E-state index >= 15 is 0 Å². The van der Waals surface area contributed by atoms with Gasteiger partial charge in [0, 0.05) is 32.8 Å². The second-order valence-electron chi connectivity index (χ2n) is 14.5. The molecule has 0 atom stereocenters. The van der Waals surface area contributed by atoms with Crippen molar-refractivity contribution < 1.29 is 4.42 Å². The van der Waals surface area contributed by atoms with Crippen LogP contribution in [0.15, 0.2) is 174 Å². The van der Waals surface area contributed by atoms with Crippen LogP contribution in [0, 0.1) is 13.8 Å². The van der Waals surface area contributed by atoms with E-state index in [9.17, 15) is 0 Å². The van der Waals surface area contributed by atoms with E-state index in [1.807, 2.05) is 30.3 Å². The highest BCUT2D eigenvalue weighted by atomic mass is 16.3. The Balaban J connectivity index is 1.08. The van der Waals surface area contributed by atoms with Gasteiger partial charge in [-0.05, 0) is 95.4 Å². The van der Waals surface area contributed by atoms with Gasteiger partial charge in [-0.1, -0.05) is 121 Å². The number of aryl methyl sites for hydroxylation is 2. The van der Waals surface area contributed by atoms with Gasteiger partial charge in [-0.25, -0.2) is 15.0 Å². The molecular weight excluding hydrogens is 685 g/mol. The minimum atomic E-state index is 0.589. The Hall–Kier alpha value is -7.37. The lowest BCUT2D eigenvalue weighted by molar-refractivity contribution is 0.669. The first-order chi connectivity index (χ1) is 27.6. The third-order valence-electron chi connectivity index (χ3n) is 11.1. The van der Waals surface area contributed by atoms with Crippen molar-refractivity contribution in [2.75, 3.05) is 0 Å². The minimum Gasteiger partial charge on any atom is -0.456 e. The van der Waals surface area contributed by atoms with Crippen molar-refractivity contribution in [2.45, 2.75) is 13.8 Å². The standard InChI is InChI=1S/C51H34N4O/c1-31-13-6-9-18-38(31)39-25-23-36(27-32(39)2)50-52-49(33-14-4-3-5-15-33)53-51(54-50)37-24-26-41-47(30-37)56-46-22-12-21-44(48(41)46)55-43-20-11-10-19-40(43)42-28-34-16-7-8-17-35(34)29-45(42)55/h3-30H,1-2H3. The SMILES string of the molecule is Cc1ccccc1-c1ccc(-c2nc(-c3ccccc3)nc(-c3ccc4c(c3)oc3cccc(-n5c6ccccc6c6cc7ccccc7cc65)c34)n2)cc1C. The van der Waals surface area contributed by atoms with Gasteiger partial charge in [0.2, 0.25) is 0 Å². The smallest absolute Gasteiger partial charge is 0.164 e. The molecule has 0 radical (unpaired) electrons. The maximum Gasteiger partial charge on any atom is 0.164 e. The molecule has 3 aromatic heterocycles. The fourth-order valence-electron chi connectivity index (χ4n) is 8.38. The quantitative estimate of drug-likeness (QED) is 0.178. The van der Waals surface area contributed by atoms with Crippen LogP contribution in [0.2, 0.25) is 0 Å². The molecule has 0 amide bonds. The van der Waals surface area contributed by atoms with Crippen molar-refractivity contribution in [3.63, 3.8) is 0 Å². The molecule has 0 unspecified atom stereocenters. The van der Waals surface area contributed by atoms with E-state index in [1.165, 1.54) is 38.2 Å². The molecule has 0 bridgehead atoms. The molecule has 8 aromatic carbocycles. The molecular formula is C51H34N4O. The molecule has 0 saturated carbocycles. The van der Waals surface area contributed by atoms with Crippen LogP contribution in [0.25, 0.3) is 105 Å². The Bertz CT molecular complexity index is 3340. The van der Waals surface area contributed by atoms with Gasteiger partial charge in [-0.3, -0.25) is 0 Å². The van der Waals surface area contributed by atoms with Crippen molar-refractivity contribution in [1.29, 1.82) is 0 Å².